The van der Waals surface area contributed by atoms with E-state index in [1.165, 1.54) is 5.56 Å². The van der Waals surface area contributed by atoms with Gasteiger partial charge in [0.15, 0.2) is 0 Å². The van der Waals surface area contributed by atoms with Crippen LogP contribution < -0.4 is 4.74 Å². The van der Waals surface area contributed by atoms with E-state index >= 15 is 0 Å². The summed E-state index contributed by atoms with van der Waals surface area (Å²) >= 11 is 0. The summed E-state index contributed by atoms with van der Waals surface area (Å²) in [6, 6.07) is 25.8. The van der Waals surface area contributed by atoms with Crippen LogP contribution in [0.4, 0.5) is 0 Å². The summed E-state index contributed by atoms with van der Waals surface area (Å²) in [5, 5.41) is 10.1. The first kappa shape index (κ1) is 24.1. The predicted octanol–water partition coefficient (Wildman–Crippen LogP) is 4.94. The number of aromatic nitrogens is 1. The number of aryl methyl sites for hydroxylation is 1. The Morgan fingerprint density at radius 2 is 1.57 bits per heavy atom. The molecule has 0 bridgehead atoms. The zero-order valence-electron chi connectivity index (χ0n) is 19.9. The summed E-state index contributed by atoms with van der Waals surface area (Å²) in [5.74, 6) is -0.188. The van der Waals surface area contributed by atoms with Crippen molar-refractivity contribution in [3.05, 3.63) is 102 Å². The van der Waals surface area contributed by atoms with Gasteiger partial charge < -0.3 is 19.3 Å². The number of fused-ring (bicyclic) bond motifs is 1. The maximum Gasteiger partial charge on any atom is 0.303 e. The molecule has 1 N–H and O–H groups in total. The molecule has 0 unspecified atom stereocenters. The van der Waals surface area contributed by atoms with Crippen LogP contribution in [0.2, 0.25) is 0 Å². The lowest BCUT2D eigenvalue weighted by atomic mass is 10.1. The van der Waals surface area contributed by atoms with Gasteiger partial charge >= 0.3 is 5.97 Å². The molecule has 0 spiro atoms. The van der Waals surface area contributed by atoms with Crippen LogP contribution in [0.1, 0.15) is 23.1 Å². The molecule has 35 heavy (non-hydrogen) atoms. The molecule has 0 radical (unpaired) electrons. The molecule has 0 aliphatic carbocycles. The normalized spacial score (nSPS) is 10.9. The maximum absolute atomic E-state index is 13.1. The van der Waals surface area contributed by atoms with E-state index in [0.29, 0.717) is 25.3 Å². The Labute approximate surface area is 205 Å². The maximum atomic E-state index is 13.1. The minimum Gasteiger partial charge on any atom is -0.487 e. The number of ether oxygens (including phenoxy) is 1. The SMILES string of the molecule is CN(CCc1ccccc1)C(=O)Cn1cc(CCC(=O)O)c2cccc(OCc3ccccc3)c21. The molecule has 0 aliphatic heterocycles. The molecule has 6 nitrogen and oxygen atoms in total. The Kier molecular flexibility index (Phi) is 7.83. The predicted molar refractivity (Wildman–Crippen MR) is 136 cm³/mol. The number of aliphatic carboxylic acids is 1. The Balaban J connectivity index is 1.56. The molecule has 1 amide bonds. The van der Waals surface area contributed by atoms with E-state index in [4.69, 9.17) is 4.74 Å². The fraction of sp³-hybridized carbons (Fsp3) is 0.241. The monoisotopic (exact) mass is 470 g/mol. The highest BCUT2D eigenvalue weighted by atomic mass is 16.5. The second-order valence-electron chi connectivity index (χ2n) is 8.65. The van der Waals surface area contributed by atoms with Crippen LogP contribution in [0.5, 0.6) is 5.75 Å². The summed E-state index contributed by atoms with van der Waals surface area (Å²) in [7, 11) is 1.81. The molecule has 1 aromatic heterocycles. The van der Waals surface area contributed by atoms with Crippen LogP contribution in [0.25, 0.3) is 10.9 Å². The number of carbonyl (C=O) groups is 2. The molecule has 180 valence electrons. The topological polar surface area (TPSA) is 71.8 Å². The molecule has 4 aromatic rings. The highest BCUT2D eigenvalue weighted by molar-refractivity contribution is 5.91. The van der Waals surface area contributed by atoms with Crippen molar-refractivity contribution in [2.45, 2.75) is 32.4 Å². The molecule has 3 aromatic carbocycles. The van der Waals surface area contributed by atoms with Gasteiger partial charge in [0, 0.05) is 31.6 Å². The lowest BCUT2D eigenvalue weighted by Crippen LogP contribution is -2.31. The Bertz CT molecular complexity index is 1280. The zero-order valence-corrected chi connectivity index (χ0v) is 19.9. The molecular weight excluding hydrogens is 440 g/mol. The largest absolute Gasteiger partial charge is 0.487 e. The number of benzene rings is 3. The first-order valence-corrected chi connectivity index (χ1v) is 11.8. The number of rotatable bonds is 11. The van der Waals surface area contributed by atoms with Crippen LogP contribution >= 0.6 is 0 Å². The van der Waals surface area contributed by atoms with Crippen LogP contribution in [0.3, 0.4) is 0 Å². The van der Waals surface area contributed by atoms with Crippen molar-refractivity contribution >= 4 is 22.8 Å². The summed E-state index contributed by atoms with van der Waals surface area (Å²) in [4.78, 5) is 26.1. The quantitative estimate of drug-likeness (QED) is 0.337. The molecule has 0 saturated heterocycles. The number of nitrogens with zero attached hydrogens (tertiary/aromatic N) is 2. The number of carboxylic acids is 1. The van der Waals surface area contributed by atoms with Crippen LogP contribution in [-0.4, -0.2) is 40.0 Å². The van der Waals surface area contributed by atoms with Gasteiger partial charge in [0.25, 0.3) is 0 Å². The fourth-order valence-corrected chi connectivity index (χ4v) is 4.15. The van der Waals surface area contributed by atoms with Gasteiger partial charge in [0.05, 0.1) is 5.52 Å². The van der Waals surface area contributed by atoms with Crippen molar-refractivity contribution in [3.8, 4) is 5.75 Å². The number of hydrogen-bond donors (Lipinski definition) is 1. The van der Waals surface area contributed by atoms with Crippen LogP contribution in [-0.2, 0) is 35.6 Å². The van der Waals surface area contributed by atoms with Gasteiger partial charge in [-0.2, -0.15) is 0 Å². The van der Waals surface area contributed by atoms with Gasteiger partial charge in [0.2, 0.25) is 5.91 Å². The van der Waals surface area contributed by atoms with Crippen LogP contribution in [0, 0.1) is 0 Å². The fourth-order valence-electron chi connectivity index (χ4n) is 4.15. The molecule has 0 fully saturated rings. The van der Waals surface area contributed by atoms with Gasteiger partial charge in [-0.15, -0.1) is 0 Å². The highest BCUT2D eigenvalue weighted by Crippen LogP contribution is 2.31. The number of amides is 1. The van der Waals surface area contributed by atoms with Gasteiger partial charge in [-0.1, -0.05) is 72.8 Å². The van der Waals surface area contributed by atoms with E-state index in [1.807, 2.05) is 84.5 Å². The standard InChI is InChI=1S/C29H30N2O4/c1-30(18-17-22-9-4-2-5-10-22)27(32)20-31-19-24(15-16-28(33)34)25-13-8-14-26(29(25)31)35-21-23-11-6-3-7-12-23/h2-14,19H,15-18,20-21H2,1H3,(H,33,34). The van der Waals surface area contributed by atoms with E-state index < -0.39 is 5.97 Å². The van der Waals surface area contributed by atoms with E-state index in [0.717, 1.165) is 28.5 Å². The molecular formula is C29H30N2O4. The third kappa shape index (κ3) is 6.29. The lowest BCUT2D eigenvalue weighted by Gasteiger charge is -2.18. The van der Waals surface area contributed by atoms with Crippen molar-refractivity contribution in [1.82, 2.24) is 9.47 Å². The summed E-state index contributed by atoms with van der Waals surface area (Å²) in [6.07, 6.45) is 3.09. The minimum atomic E-state index is -0.848. The van der Waals surface area contributed by atoms with Gasteiger partial charge in [-0.25, -0.2) is 0 Å². The lowest BCUT2D eigenvalue weighted by molar-refractivity contribution is -0.137. The summed E-state index contributed by atoms with van der Waals surface area (Å²) in [6.45, 7) is 1.17. The molecule has 1 heterocycles. The van der Waals surface area contributed by atoms with Gasteiger partial charge in [0.1, 0.15) is 18.9 Å². The zero-order chi connectivity index (χ0) is 24.6. The van der Waals surface area contributed by atoms with Crippen molar-refractivity contribution in [2.24, 2.45) is 0 Å². The number of para-hydroxylation sites is 1. The average Bonchev–Trinajstić information content (AvgIpc) is 3.23. The number of hydrogen-bond acceptors (Lipinski definition) is 3. The van der Waals surface area contributed by atoms with Crippen molar-refractivity contribution in [3.63, 3.8) is 0 Å². The van der Waals surface area contributed by atoms with E-state index in [2.05, 4.69) is 12.1 Å². The van der Waals surface area contributed by atoms with Crippen molar-refractivity contribution in [2.75, 3.05) is 13.6 Å². The van der Waals surface area contributed by atoms with E-state index in [9.17, 15) is 14.7 Å². The van der Waals surface area contributed by atoms with Gasteiger partial charge in [-0.05, 0) is 35.6 Å². The summed E-state index contributed by atoms with van der Waals surface area (Å²) in [5.41, 5.74) is 3.94. The third-order valence-corrected chi connectivity index (χ3v) is 6.10. The third-order valence-electron chi connectivity index (χ3n) is 6.10. The number of carboxylic acid groups (broad SMARTS) is 1. The Morgan fingerprint density at radius 3 is 2.26 bits per heavy atom. The molecule has 0 aliphatic rings. The molecule has 0 saturated carbocycles. The molecule has 4 rings (SSSR count). The number of likely N-dealkylation sites (N-methyl/N-ethyl adjacent to an activating group) is 1. The minimum absolute atomic E-state index is 0.0134. The number of carbonyl (C=O) groups excluding carboxylic acids is 1. The Morgan fingerprint density at radius 1 is 0.886 bits per heavy atom. The van der Waals surface area contributed by atoms with Gasteiger partial charge in [-0.3, -0.25) is 9.59 Å². The first-order valence-electron chi connectivity index (χ1n) is 11.8. The summed E-state index contributed by atoms with van der Waals surface area (Å²) < 4.78 is 8.07. The van der Waals surface area contributed by atoms with E-state index in [-0.39, 0.29) is 18.9 Å². The smallest absolute Gasteiger partial charge is 0.303 e. The first-order chi connectivity index (χ1) is 17.0. The second-order valence-corrected chi connectivity index (χ2v) is 8.65. The Hall–Kier alpha value is -4.06. The highest BCUT2D eigenvalue weighted by Gasteiger charge is 2.18. The van der Waals surface area contributed by atoms with Crippen LogP contribution in [0.15, 0.2) is 85.1 Å². The van der Waals surface area contributed by atoms with E-state index in [1.54, 1.807) is 4.90 Å². The van der Waals surface area contributed by atoms with Crippen molar-refractivity contribution in [1.29, 1.82) is 0 Å². The average molecular weight is 471 g/mol. The molecule has 6 heteroatoms. The second kappa shape index (κ2) is 11.4. The van der Waals surface area contributed by atoms with Crippen molar-refractivity contribution < 1.29 is 19.4 Å². The molecule has 0 atom stereocenters.